The molecule has 1 heterocycles. The molecule has 1 atom stereocenters. The normalized spacial score (nSPS) is 18.2. The third-order valence-electron chi connectivity index (χ3n) is 3.34. The van der Waals surface area contributed by atoms with Gasteiger partial charge in [-0.25, -0.2) is 5.01 Å². The Kier molecular flexibility index (Phi) is 5.50. The second-order valence-corrected chi connectivity index (χ2v) is 5.26. The summed E-state index contributed by atoms with van der Waals surface area (Å²) in [7, 11) is 0. The van der Waals surface area contributed by atoms with Gasteiger partial charge in [-0.2, -0.15) is 5.10 Å². The largest absolute Gasteiger partial charge is 0.383 e. The first kappa shape index (κ1) is 16.0. The van der Waals surface area contributed by atoms with Crippen LogP contribution in [0.4, 0.5) is 0 Å². The molecule has 1 aromatic rings. The van der Waals surface area contributed by atoms with Crippen LogP contribution in [0.25, 0.3) is 0 Å². The molecule has 1 unspecified atom stereocenters. The third kappa shape index (κ3) is 4.30. The molecule has 0 saturated heterocycles. The predicted molar refractivity (Wildman–Crippen MR) is 92.4 cm³/mol. The van der Waals surface area contributed by atoms with Crippen LogP contribution in [-0.2, 0) is 6.42 Å². The molecule has 3 nitrogen and oxygen atoms in total. The maximum atomic E-state index is 10.1. The lowest BCUT2D eigenvalue weighted by atomic mass is 10.0. The Hall–Kier alpha value is -2.39. The van der Waals surface area contributed by atoms with Crippen molar-refractivity contribution in [3.8, 4) is 0 Å². The SMILES string of the molecule is C=C(C=CC=CC)N1C=CC(O)C(Cc2cccc(C)c2)=N1. The summed E-state index contributed by atoms with van der Waals surface area (Å²) in [6.45, 7) is 8.01. The summed E-state index contributed by atoms with van der Waals surface area (Å²) in [4.78, 5) is 0. The number of aliphatic hydroxyl groups excluding tert-OH is 1. The van der Waals surface area contributed by atoms with Crippen molar-refractivity contribution >= 4 is 5.71 Å². The number of allylic oxidation sites excluding steroid dienone is 4. The topological polar surface area (TPSA) is 35.8 Å². The van der Waals surface area contributed by atoms with E-state index < -0.39 is 6.10 Å². The lowest BCUT2D eigenvalue weighted by Crippen LogP contribution is -2.28. The molecule has 114 valence electrons. The summed E-state index contributed by atoms with van der Waals surface area (Å²) in [6, 6.07) is 8.24. The van der Waals surface area contributed by atoms with Gasteiger partial charge in [0.15, 0.2) is 0 Å². The molecular formula is C19H22N2O. The molecule has 0 aliphatic carbocycles. The van der Waals surface area contributed by atoms with Crippen molar-refractivity contribution in [2.75, 3.05) is 0 Å². The molecular weight excluding hydrogens is 272 g/mol. The number of hydrogen-bond donors (Lipinski definition) is 1. The fraction of sp³-hybridized carbons (Fsp3) is 0.211. The smallest absolute Gasteiger partial charge is 0.114 e. The van der Waals surface area contributed by atoms with Crippen molar-refractivity contribution in [2.45, 2.75) is 26.4 Å². The minimum absolute atomic E-state index is 0.621. The van der Waals surface area contributed by atoms with Crippen molar-refractivity contribution in [3.63, 3.8) is 0 Å². The van der Waals surface area contributed by atoms with Gasteiger partial charge in [-0.3, -0.25) is 0 Å². The highest BCUT2D eigenvalue weighted by atomic mass is 16.3. The van der Waals surface area contributed by atoms with Crippen LogP contribution in [0.3, 0.4) is 0 Å². The number of benzene rings is 1. The zero-order valence-electron chi connectivity index (χ0n) is 13.1. The van der Waals surface area contributed by atoms with E-state index in [0.29, 0.717) is 12.1 Å². The van der Waals surface area contributed by atoms with E-state index >= 15 is 0 Å². The van der Waals surface area contributed by atoms with E-state index in [-0.39, 0.29) is 0 Å². The van der Waals surface area contributed by atoms with Crippen LogP contribution in [0.1, 0.15) is 18.1 Å². The second-order valence-electron chi connectivity index (χ2n) is 5.26. The van der Waals surface area contributed by atoms with Crippen LogP contribution in [0.5, 0.6) is 0 Å². The van der Waals surface area contributed by atoms with Gasteiger partial charge in [0.05, 0.1) is 11.4 Å². The van der Waals surface area contributed by atoms with Gasteiger partial charge in [0.25, 0.3) is 0 Å². The maximum absolute atomic E-state index is 10.1. The number of nitrogens with zero attached hydrogens (tertiary/aromatic N) is 2. The molecule has 2 rings (SSSR count). The van der Waals surface area contributed by atoms with Gasteiger partial charge in [-0.15, -0.1) is 0 Å². The van der Waals surface area contributed by atoms with Crippen LogP contribution >= 0.6 is 0 Å². The summed E-state index contributed by atoms with van der Waals surface area (Å²) in [5.74, 6) is 0. The summed E-state index contributed by atoms with van der Waals surface area (Å²) < 4.78 is 0. The first-order valence-electron chi connectivity index (χ1n) is 7.37. The van der Waals surface area contributed by atoms with Crippen LogP contribution < -0.4 is 0 Å². The predicted octanol–water partition coefficient (Wildman–Crippen LogP) is 3.73. The molecule has 0 radical (unpaired) electrons. The molecule has 0 aromatic heterocycles. The van der Waals surface area contributed by atoms with E-state index in [1.54, 1.807) is 17.3 Å². The Bertz CT molecular complexity index is 653. The fourth-order valence-electron chi connectivity index (χ4n) is 2.19. The van der Waals surface area contributed by atoms with Crippen molar-refractivity contribution in [3.05, 3.63) is 84.2 Å². The van der Waals surface area contributed by atoms with E-state index in [1.807, 2.05) is 43.4 Å². The maximum Gasteiger partial charge on any atom is 0.114 e. The van der Waals surface area contributed by atoms with E-state index in [1.165, 1.54) is 5.56 Å². The molecule has 0 spiro atoms. The highest BCUT2D eigenvalue weighted by molar-refractivity contribution is 5.92. The average molecular weight is 294 g/mol. The third-order valence-corrected chi connectivity index (χ3v) is 3.34. The minimum Gasteiger partial charge on any atom is -0.383 e. The van der Waals surface area contributed by atoms with Gasteiger partial charge >= 0.3 is 0 Å². The van der Waals surface area contributed by atoms with Gasteiger partial charge in [0.1, 0.15) is 6.10 Å². The van der Waals surface area contributed by atoms with Crippen LogP contribution in [0.2, 0.25) is 0 Å². The van der Waals surface area contributed by atoms with Crippen molar-refractivity contribution < 1.29 is 5.11 Å². The Labute approximate surface area is 132 Å². The van der Waals surface area contributed by atoms with Gasteiger partial charge in [-0.1, -0.05) is 54.6 Å². The summed E-state index contributed by atoms with van der Waals surface area (Å²) in [5.41, 5.74) is 3.81. The quantitative estimate of drug-likeness (QED) is 0.840. The number of aryl methyl sites for hydroxylation is 1. The van der Waals surface area contributed by atoms with Gasteiger partial charge in [0.2, 0.25) is 0 Å². The Balaban J connectivity index is 2.14. The van der Waals surface area contributed by atoms with Gasteiger partial charge < -0.3 is 5.11 Å². The summed E-state index contributed by atoms with van der Waals surface area (Å²) in [5, 5.41) is 16.3. The molecule has 3 heteroatoms. The number of aliphatic hydroxyl groups is 1. The molecule has 1 N–H and O–H groups in total. The highest BCUT2D eigenvalue weighted by Crippen LogP contribution is 2.15. The average Bonchev–Trinajstić information content (AvgIpc) is 2.49. The molecule has 22 heavy (non-hydrogen) atoms. The zero-order valence-corrected chi connectivity index (χ0v) is 13.1. The van der Waals surface area contributed by atoms with E-state index in [0.717, 1.165) is 11.3 Å². The van der Waals surface area contributed by atoms with Crippen LogP contribution in [-0.4, -0.2) is 21.9 Å². The molecule has 1 aliphatic heterocycles. The fourth-order valence-corrected chi connectivity index (χ4v) is 2.19. The molecule has 0 saturated carbocycles. The molecule has 0 fully saturated rings. The van der Waals surface area contributed by atoms with Gasteiger partial charge in [-0.05, 0) is 31.6 Å². The molecule has 0 bridgehead atoms. The lowest BCUT2D eigenvalue weighted by molar-refractivity contribution is 0.275. The Morgan fingerprint density at radius 2 is 2.23 bits per heavy atom. The number of hydrogen-bond acceptors (Lipinski definition) is 3. The first-order chi connectivity index (χ1) is 10.6. The molecule has 0 amide bonds. The summed E-state index contributed by atoms with van der Waals surface area (Å²) >= 11 is 0. The standard InChI is InChI=1S/C19H22N2O/c1-4-5-6-9-16(3)21-12-11-19(22)18(20-21)14-17-10-7-8-15(2)13-17/h4-13,19,22H,3,14H2,1-2H3. The monoisotopic (exact) mass is 294 g/mol. The Morgan fingerprint density at radius 3 is 2.95 bits per heavy atom. The highest BCUT2D eigenvalue weighted by Gasteiger charge is 2.17. The first-order valence-corrected chi connectivity index (χ1v) is 7.37. The van der Waals surface area contributed by atoms with E-state index in [9.17, 15) is 5.11 Å². The van der Waals surface area contributed by atoms with E-state index in [2.05, 4.69) is 30.7 Å². The van der Waals surface area contributed by atoms with E-state index in [4.69, 9.17) is 0 Å². The lowest BCUT2D eigenvalue weighted by Gasteiger charge is -2.23. The van der Waals surface area contributed by atoms with Crippen LogP contribution in [0, 0.1) is 6.92 Å². The second kappa shape index (κ2) is 7.57. The van der Waals surface area contributed by atoms with Crippen LogP contribution in [0.15, 0.2) is 78.2 Å². The van der Waals surface area contributed by atoms with Gasteiger partial charge in [0, 0.05) is 12.6 Å². The number of hydrazone groups is 1. The van der Waals surface area contributed by atoms with Crippen molar-refractivity contribution in [1.29, 1.82) is 0 Å². The molecule has 1 aromatic carbocycles. The van der Waals surface area contributed by atoms with Crippen molar-refractivity contribution in [2.24, 2.45) is 5.10 Å². The van der Waals surface area contributed by atoms with Crippen molar-refractivity contribution in [1.82, 2.24) is 5.01 Å². The number of rotatable bonds is 5. The Morgan fingerprint density at radius 1 is 1.41 bits per heavy atom. The zero-order chi connectivity index (χ0) is 15.9. The molecule has 1 aliphatic rings. The minimum atomic E-state index is -0.649. The summed E-state index contributed by atoms with van der Waals surface area (Å²) in [6.07, 6.45) is 11.1.